The van der Waals surface area contributed by atoms with Gasteiger partial charge < -0.3 is 4.74 Å². The van der Waals surface area contributed by atoms with Gasteiger partial charge in [-0.05, 0) is 38.8 Å². The van der Waals surface area contributed by atoms with Gasteiger partial charge >= 0.3 is 5.97 Å². The minimum atomic E-state index is -0.659. The van der Waals surface area contributed by atoms with E-state index in [0.717, 1.165) is 6.42 Å². The van der Waals surface area contributed by atoms with Gasteiger partial charge in [-0.3, -0.25) is 0 Å². The topological polar surface area (TPSA) is 26.3 Å². The Bertz CT molecular complexity index is 394. The summed E-state index contributed by atoms with van der Waals surface area (Å²) in [4.78, 5) is 11.7. The third-order valence-electron chi connectivity index (χ3n) is 2.50. The third kappa shape index (κ3) is 5.13. The van der Waals surface area contributed by atoms with Crippen LogP contribution in [0.2, 0.25) is 0 Å². The highest BCUT2D eigenvalue weighted by Crippen LogP contribution is 2.10. The molecule has 0 fully saturated rings. The third-order valence-corrected chi connectivity index (χ3v) is 2.50. The molecule has 0 bridgehead atoms. The maximum Gasteiger partial charge on any atom is 0.338 e. The van der Waals surface area contributed by atoms with E-state index in [1.54, 1.807) is 24.3 Å². The molecule has 1 aromatic rings. The van der Waals surface area contributed by atoms with Gasteiger partial charge in [0.15, 0.2) is 0 Å². The Morgan fingerprint density at radius 3 is 2.56 bits per heavy atom. The van der Waals surface area contributed by atoms with Gasteiger partial charge in [-0.2, -0.15) is 0 Å². The highest BCUT2D eigenvalue weighted by atomic mass is 19.1. The molecule has 0 spiro atoms. The molecule has 0 aliphatic carbocycles. The first-order chi connectivity index (χ1) is 8.63. The lowest BCUT2D eigenvalue weighted by Gasteiger charge is -2.13. The first-order valence-corrected chi connectivity index (χ1v) is 6.09. The molecule has 2 nitrogen and oxygen atoms in total. The number of halogens is 1. The Balaban J connectivity index is 2.48. The first kappa shape index (κ1) is 14.4. The predicted octanol–water partition coefficient (Wildman–Crippen LogP) is 3.93. The van der Waals surface area contributed by atoms with Crippen LogP contribution in [-0.4, -0.2) is 18.7 Å². The highest BCUT2D eigenvalue weighted by molar-refractivity contribution is 5.89. The fraction of sp³-hybridized carbons (Fsp3) is 0.400. The van der Waals surface area contributed by atoms with E-state index in [-0.39, 0.29) is 0 Å². The van der Waals surface area contributed by atoms with Crippen molar-refractivity contribution in [3.05, 3.63) is 47.5 Å². The second-order valence-electron chi connectivity index (χ2n) is 4.41. The van der Waals surface area contributed by atoms with E-state index < -0.39 is 18.7 Å². The summed E-state index contributed by atoms with van der Waals surface area (Å²) in [6.45, 7) is 3.33. The van der Waals surface area contributed by atoms with Crippen molar-refractivity contribution in [2.45, 2.75) is 32.8 Å². The molecule has 1 aromatic carbocycles. The summed E-state index contributed by atoms with van der Waals surface area (Å²) in [7, 11) is 0. The molecule has 0 N–H and O–H groups in total. The van der Waals surface area contributed by atoms with Crippen molar-refractivity contribution in [2.24, 2.45) is 0 Å². The molecule has 18 heavy (non-hydrogen) atoms. The molecule has 0 heterocycles. The van der Waals surface area contributed by atoms with Crippen molar-refractivity contribution in [3.63, 3.8) is 0 Å². The van der Waals surface area contributed by atoms with Gasteiger partial charge in [-0.25, -0.2) is 9.18 Å². The van der Waals surface area contributed by atoms with Crippen LogP contribution in [-0.2, 0) is 4.74 Å². The Morgan fingerprint density at radius 2 is 2.00 bits per heavy atom. The number of rotatable bonds is 6. The molecule has 0 saturated heterocycles. The Labute approximate surface area is 107 Å². The molecule has 0 saturated carbocycles. The summed E-state index contributed by atoms with van der Waals surface area (Å²) in [5.41, 5.74) is 1.64. The molecule has 0 unspecified atom stereocenters. The van der Waals surface area contributed by atoms with Crippen LogP contribution in [0.25, 0.3) is 0 Å². The maximum atomic E-state index is 12.8. The monoisotopic (exact) mass is 250 g/mol. The quantitative estimate of drug-likeness (QED) is 0.565. The van der Waals surface area contributed by atoms with Gasteiger partial charge in [0.2, 0.25) is 0 Å². The average molecular weight is 250 g/mol. The molecule has 0 radical (unpaired) electrons. The van der Waals surface area contributed by atoms with Crippen LogP contribution < -0.4 is 0 Å². The molecule has 1 atom stereocenters. The maximum absolute atomic E-state index is 12.8. The second kappa shape index (κ2) is 7.64. The zero-order valence-corrected chi connectivity index (χ0v) is 10.9. The number of carbonyl (C=O) groups excluding carboxylic acids is 1. The van der Waals surface area contributed by atoms with Gasteiger partial charge in [0, 0.05) is 0 Å². The average Bonchev–Trinajstić information content (AvgIpc) is 2.38. The summed E-state index contributed by atoms with van der Waals surface area (Å²) in [5, 5.41) is 0. The molecule has 98 valence electrons. The van der Waals surface area contributed by atoms with Crippen molar-refractivity contribution in [1.82, 2.24) is 0 Å². The molecule has 0 amide bonds. The number of allylic oxidation sites excluding steroid dienone is 2. The van der Waals surface area contributed by atoms with Gasteiger partial charge in [0.1, 0.15) is 12.8 Å². The van der Waals surface area contributed by atoms with E-state index >= 15 is 0 Å². The van der Waals surface area contributed by atoms with Gasteiger partial charge in [-0.15, -0.1) is 0 Å². The van der Waals surface area contributed by atoms with E-state index in [4.69, 9.17) is 4.74 Å². The van der Waals surface area contributed by atoms with E-state index in [0.29, 0.717) is 12.0 Å². The molecule has 3 heteroatoms. The van der Waals surface area contributed by atoms with Gasteiger partial charge in [0.25, 0.3) is 0 Å². The van der Waals surface area contributed by atoms with Crippen molar-refractivity contribution in [2.75, 3.05) is 6.67 Å². The van der Waals surface area contributed by atoms with E-state index in [1.165, 1.54) is 5.57 Å². The predicted molar refractivity (Wildman–Crippen MR) is 70.3 cm³/mol. The zero-order valence-electron chi connectivity index (χ0n) is 10.9. The van der Waals surface area contributed by atoms with Crippen molar-refractivity contribution in [3.8, 4) is 0 Å². The smallest absolute Gasteiger partial charge is 0.338 e. The van der Waals surface area contributed by atoms with E-state index in [2.05, 4.69) is 0 Å². The summed E-state index contributed by atoms with van der Waals surface area (Å²) >= 11 is 0. The molecule has 0 aliphatic rings. The fourth-order valence-corrected chi connectivity index (χ4v) is 1.52. The number of alkyl halides is 1. The number of carbonyl (C=O) groups is 1. The zero-order chi connectivity index (χ0) is 13.4. The summed E-state index contributed by atoms with van der Waals surface area (Å²) < 4.78 is 17.9. The molecule has 1 rings (SSSR count). The lowest BCUT2D eigenvalue weighted by Crippen LogP contribution is -2.20. The van der Waals surface area contributed by atoms with Crippen LogP contribution in [0.4, 0.5) is 4.39 Å². The van der Waals surface area contributed by atoms with Gasteiger partial charge in [-0.1, -0.05) is 29.8 Å². The first-order valence-electron chi connectivity index (χ1n) is 6.09. The van der Waals surface area contributed by atoms with Crippen LogP contribution >= 0.6 is 0 Å². The van der Waals surface area contributed by atoms with Crippen LogP contribution in [0.1, 0.15) is 37.0 Å². The molecular weight excluding hydrogens is 231 g/mol. The van der Waals surface area contributed by atoms with Crippen LogP contribution in [0.3, 0.4) is 0 Å². The molecule has 0 aromatic heterocycles. The fourth-order valence-electron chi connectivity index (χ4n) is 1.52. The molecular formula is C15H19FO2. The van der Waals surface area contributed by atoms with Crippen molar-refractivity contribution < 1.29 is 13.9 Å². The van der Waals surface area contributed by atoms with Gasteiger partial charge in [0.05, 0.1) is 5.56 Å². The summed E-state index contributed by atoms with van der Waals surface area (Å²) in [6, 6.07) is 8.65. The minimum Gasteiger partial charge on any atom is -0.456 e. The van der Waals surface area contributed by atoms with Crippen LogP contribution in [0, 0.1) is 0 Å². The van der Waals surface area contributed by atoms with E-state index in [9.17, 15) is 9.18 Å². The number of hydrogen-bond acceptors (Lipinski definition) is 2. The number of ether oxygens (including phenoxy) is 1. The summed E-state index contributed by atoms with van der Waals surface area (Å²) in [6.07, 6.45) is 2.59. The Morgan fingerprint density at radius 1 is 1.33 bits per heavy atom. The van der Waals surface area contributed by atoms with Crippen LogP contribution in [0.15, 0.2) is 42.0 Å². The highest BCUT2D eigenvalue weighted by Gasteiger charge is 2.14. The number of hydrogen-bond donors (Lipinski definition) is 0. The van der Waals surface area contributed by atoms with Crippen molar-refractivity contribution >= 4 is 5.97 Å². The van der Waals surface area contributed by atoms with E-state index in [1.807, 2.05) is 26.0 Å². The Hall–Kier alpha value is -1.64. The Kier molecular flexibility index (Phi) is 6.12. The normalized spacial score (nSPS) is 11.7. The molecule has 0 aliphatic heterocycles. The van der Waals surface area contributed by atoms with Crippen molar-refractivity contribution in [1.29, 1.82) is 0 Å². The second-order valence-corrected chi connectivity index (χ2v) is 4.41. The SMILES string of the molecule is CC(C)=CCC[C@H](CF)OC(=O)c1ccccc1. The van der Waals surface area contributed by atoms with Crippen LogP contribution in [0.5, 0.6) is 0 Å². The lowest BCUT2D eigenvalue weighted by molar-refractivity contribution is 0.0221. The summed E-state index contributed by atoms with van der Waals surface area (Å²) in [5.74, 6) is -0.463. The number of benzene rings is 1. The minimum absolute atomic E-state index is 0.457. The largest absolute Gasteiger partial charge is 0.456 e. The standard InChI is InChI=1S/C15H19FO2/c1-12(2)7-6-10-14(11-16)18-15(17)13-8-4-3-5-9-13/h3-5,7-9,14H,6,10-11H2,1-2H3/t14-/m1/s1. The number of esters is 1. The lowest BCUT2D eigenvalue weighted by atomic mass is 10.1.